The van der Waals surface area contributed by atoms with E-state index < -0.39 is 11.7 Å². The third-order valence-electron chi connectivity index (χ3n) is 1.23. The zero-order valence-electron chi connectivity index (χ0n) is 6.21. The van der Waals surface area contributed by atoms with E-state index in [9.17, 15) is 18.0 Å². The van der Waals surface area contributed by atoms with Gasteiger partial charge in [0, 0.05) is 12.3 Å². The number of pyridine rings is 1. The van der Waals surface area contributed by atoms with Crippen LogP contribution in [0.2, 0.25) is 0 Å². The van der Waals surface area contributed by atoms with Gasteiger partial charge in [0.2, 0.25) is 5.88 Å². The number of carbonyl (C=O) groups excluding carboxylic acids is 1. The van der Waals surface area contributed by atoms with Gasteiger partial charge < -0.3 is 4.74 Å². The molecule has 0 aliphatic heterocycles. The number of hydrogen-bond donors (Lipinski definition) is 0. The Morgan fingerprint density at radius 3 is 2.69 bits per heavy atom. The predicted molar refractivity (Wildman–Crippen MR) is 35.9 cm³/mol. The van der Waals surface area contributed by atoms with Gasteiger partial charge in [0.05, 0.1) is 5.56 Å². The van der Waals surface area contributed by atoms with Gasteiger partial charge in [-0.05, 0) is 6.07 Å². The van der Waals surface area contributed by atoms with Crippen LogP contribution in [0.4, 0.5) is 13.2 Å². The SMILES string of the molecule is O=COc1cc(C(F)(F)F)ccn1. The Morgan fingerprint density at radius 2 is 2.15 bits per heavy atom. The maximum Gasteiger partial charge on any atom is 0.416 e. The van der Waals surface area contributed by atoms with Crippen LogP contribution < -0.4 is 4.74 Å². The lowest BCUT2D eigenvalue weighted by Gasteiger charge is -2.05. The molecule has 1 aromatic heterocycles. The van der Waals surface area contributed by atoms with Crippen molar-refractivity contribution in [3.63, 3.8) is 0 Å². The van der Waals surface area contributed by atoms with Crippen molar-refractivity contribution in [1.82, 2.24) is 4.98 Å². The van der Waals surface area contributed by atoms with E-state index >= 15 is 0 Å². The third kappa shape index (κ3) is 2.43. The number of hydrogen-bond acceptors (Lipinski definition) is 3. The van der Waals surface area contributed by atoms with Crippen molar-refractivity contribution in [2.24, 2.45) is 0 Å². The summed E-state index contributed by atoms with van der Waals surface area (Å²) < 4.78 is 40.3. The molecular weight excluding hydrogens is 187 g/mol. The third-order valence-corrected chi connectivity index (χ3v) is 1.23. The van der Waals surface area contributed by atoms with Crippen LogP contribution >= 0.6 is 0 Å². The van der Waals surface area contributed by atoms with Crippen LogP contribution in [-0.2, 0) is 11.0 Å². The molecule has 70 valence electrons. The molecule has 0 bridgehead atoms. The molecule has 1 aromatic rings. The highest BCUT2D eigenvalue weighted by Crippen LogP contribution is 2.30. The van der Waals surface area contributed by atoms with E-state index in [1.54, 1.807) is 0 Å². The Bertz CT molecular complexity index is 311. The van der Waals surface area contributed by atoms with Crippen LogP contribution in [0.3, 0.4) is 0 Å². The topological polar surface area (TPSA) is 39.2 Å². The summed E-state index contributed by atoms with van der Waals surface area (Å²) in [5.74, 6) is -0.371. The van der Waals surface area contributed by atoms with Crippen molar-refractivity contribution in [1.29, 1.82) is 0 Å². The fraction of sp³-hybridized carbons (Fsp3) is 0.143. The molecule has 1 heterocycles. The number of ether oxygens (including phenoxy) is 1. The summed E-state index contributed by atoms with van der Waals surface area (Å²) in [5, 5.41) is 0. The van der Waals surface area contributed by atoms with Crippen LogP contribution in [0.25, 0.3) is 0 Å². The number of alkyl halides is 3. The molecule has 0 atom stereocenters. The Morgan fingerprint density at radius 1 is 1.46 bits per heavy atom. The number of halogens is 3. The van der Waals surface area contributed by atoms with Gasteiger partial charge in [0.15, 0.2) is 0 Å². The van der Waals surface area contributed by atoms with E-state index in [0.717, 1.165) is 12.3 Å². The normalized spacial score (nSPS) is 11.0. The summed E-state index contributed by atoms with van der Waals surface area (Å²) in [4.78, 5) is 13.2. The fourth-order valence-corrected chi connectivity index (χ4v) is 0.700. The zero-order valence-corrected chi connectivity index (χ0v) is 6.21. The van der Waals surface area contributed by atoms with Gasteiger partial charge >= 0.3 is 6.18 Å². The minimum absolute atomic E-state index is 0.0164. The second-order valence-corrected chi connectivity index (χ2v) is 2.09. The molecule has 0 N–H and O–H groups in total. The van der Waals surface area contributed by atoms with E-state index in [-0.39, 0.29) is 12.4 Å². The van der Waals surface area contributed by atoms with Gasteiger partial charge in [-0.2, -0.15) is 13.2 Å². The molecular formula is C7H4F3NO2. The Labute approximate surface area is 71.2 Å². The monoisotopic (exact) mass is 191 g/mol. The Hall–Kier alpha value is -1.59. The smallest absolute Gasteiger partial charge is 0.410 e. The minimum atomic E-state index is -4.45. The second kappa shape index (κ2) is 3.42. The quantitative estimate of drug-likeness (QED) is 0.667. The van der Waals surface area contributed by atoms with E-state index in [1.807, 2.05) is 0 Å². The van der Waals surface area contributed by atoms with Gasteiger partial charge in [-0.1, -0.05) is 0 Å². The lowest BCUT2D eigenvalue weighted by molar-refractivity contribution is -0.138. The van der Waals surface area contributed by atoms with Crippen molar-refractivity contribution in [2.75, 3.05) is 0 Å². The maximum absolute atomic E-state index is 12.0. The second-order valence-electron chi connectivity index (χ2n) is 2.09. The highest BCUT2D eigenvalue weighted by Gasteiger charge is 2.30. The molecule has 13 heavy (non-hydrogen) atoms. The summed E-state index contributed by atoms with van der Waals surface area (Å²) in [5.41, 5.74) is -0.903. The lowest BCUT2D eigenvalue weighted by Crippen LogP contribution is -2.05. The van der Waals surface area contributed by atoms with Crippen molar-refractivity contribution < 1.29 is 22.7 Å². The average molecular weight is 191 g/mol. The minimum Gasteiger partial charge on any atom is -0.410 e. The van der Waals surface area contributed by atoms with E-state index in [1.165, 1.54) is 0 Å². The maximum atomic E-state index is 12.0. The van der Waals surface area contributed by atoms with E-state index in [4.69, 9.17) is 0 Å². The number of aromatic nitrogens is 1. The predicted octanol–water partition coefficient (Wildman–Crippen LogP) is 1.64. The van der Waals surface area contributed by atoms with Crippen LogP contribution in [0.15, 0.2) is 18.3 Å². The number of carbonyl (C=O) groups is 1. The molecule has 0 spiro atoms. The first-order valence-corrected chi connectivity index (χ1v) is 3.17. The Kier molecular flexibility index (Phi) is 2.50. The summed E-state index contributed by atoms with van der Waals surface area (Å²) in [6.45, 7) is 0.0164. The van der Waals surface area contributed by atoms with E-state index in [0.29, 0.717) is 6.07 Å². The highest BCUT2D eigenvalue weighted by atomic mass is 19.4. The summed E-state index contributed by atoms with van der Waals surface area (Å²) in [6.07, 6.45) is -3.54. The molecule has 3 nitrogen and oxygen atoms in total. The van der Waals surface area contributed by atoms with Gasteiger partial charge in [0.25, 0.3) is 6.47 Å². The molecule has 0 amide bonds. The van der Waals surface area contributed by atoms with Crippen LogP contribution in [0.5, 0.6) is 5.88 Å². The lowest BCUT2D eigenvalue weighted by atomic mass is 10.2. The largest absolute Gasteiger partial charge is 0.416 e. The summed E-state index contributed by atoms with van der Waals surface area (Å²) in [7, 11) is 0. The molecule has 6 heteroatoms. The molecule has 0 unspecified atom stereocenters. The van der Waals surface area contributed by atoms with Crippen LogP contribution in [-0.4, -0.2) is 11.5 Å². The highest BCUT2D eigenvalue weighted by molar-refractivity contribution is 5.43. The van der Waals surface area contributed by atoms with Gasteiger partial charge in [-0.15, -0.1) is 0 Å². The molecule has 0 aliphatic carbocycles. The van der Waals surface area contributed by atoms with Crippen LogP contribution in [0, 0.1) is 0 Å². The first-order valence-electron chi connectivity index (χ1n) is 3.17. The van der Waals surface area contributed by atoms with Crippen molar-refractivity contribution in [2.45, 2.75) is 6.18 Å². The molecule has 0 aromatic carbocycles. The van der Waals surface area contributed by atoms with Gasteiger partial charge in [-0.25, -0.2) is 4.98 Å². The molecule has 0 aliphatic rings. The molecule has 0 radical (unpaired) electrons. The molecule has 1 rings (SSSR count). The number of nitrogens with zero attached hydrogens (tertiary/aromatic N) is 1. The summed E-state index contributed by atoms with van der Waals surface area (Å²) >= 11 is 0. The zero-order chi connectivity index (χ0) is 9.90. The molecule has 0 fully saturated rings. The first-order chi connectivity index (χ1) is 6.04. The first kappa shape index (κ1) is 9.50. The fourth-order valence-electron chi connectivity index (χ4n) is 0.700. The Balaban J connectivity index is 2.98. The van der Waals surface area contributed by atoms with Gasteiger partial charge in [0.1, 0.15) is 0 Å². The van der Waals surface area contributed by atoms with Crippen molar-refractivity contribution in [3.8, 4) is 5.88 Å². The number of rotatable bonds is 2. The van der Waals surface area contributed by atoms with Gasteiger partial charge in [-0.3, -0.25) is 4.79 Å². The average Bonchev–Trinajstić information content (AvgIpc) is 2.04. The molecule has 0 saturated heterocycles. The summed E-state index contributed by atoms with van der Waals surface area (Å²) in [6, 6.07) is 1.44. The van der Waals surface area contributed by atoms with Crippen molar-refractivity contribution in [3.05, 3.63) is 23.9 Å². The van der Waals surface area contributed by atoms with E-state index in [2.05, 4.69) is 9.72 Å². The van der Waals surface area contributed by atoms with Crippen LogP contribution in [0.1, 0.15) is 5.56 Å². The van der Waals surface area contributed by atoms with Crippen molar-refractivity contribution >= 4 is 6.47 Å². The standard InChI is InChI=1S/C7H4F3NO2/c8-7(9,10)5-1-2-11-6(3-5)13-4-12/h1-4H. The molecule has 0 saturated carbocycles.